The molecule has 0 radical (unpaired) electrons. The molecule has 2 nitrogen and oxygen atoms in total. The minimum Gasteiger partial charge on any atom is -0.390 e. The second-order valence-corrected chi connectivity index (χ2v) is 6.50. The maximum atomic E-state index is 13.2. The molecule has 0 bridgehead atoms. The molecule has 1 saturated carbocycles. The van der Waals surface area contributed by atoms with Crippen molar-refractivity contribution in [1.29, 1.82) is 0 Å². The quantitative estimate of drug-likeness (QED) is 0.845. The lowest BCUT2D eigenvalue weighted by atomic mass is 9.79. The minimum absolute atomic E-state index is 0.0160. The van der Waals surface area contributed by atoms with Crippen molar-refractivity contribution in [2.45, 2.75) is 70.0 Å². The zero-order chi connectivity index (χ0) is 13.4. The van der Waals surface area contributed by atoms with Gasteiger partial charge >= 0.3 is 0 Å². The molecule has 2 fully saturated rings. The molecule has 3 atom stereocenters. The van der Waals surface area contributed by atoms with Gasteiger partial charge in [-0.3, -0.25) is 0 Å². The summed E-state index contributed by atoms with van der Waals surface area (Å²) in [6, 6.07) is 0. The Hall–Kier alpha value is -0.220. The molecule has 1 N–H and O–H groups in total. The number of hydrogen-bond acceptors (Lipinski definition) is 2. The van der Waals surface area contributed by atoms with Crippen LogP contribution in [0.1, 0.15) is 52.4 Å². The third-order valence-corrected chi connectivity index (χ3v) is 4.40. The van der Waals surface area contributed by atoms with Crippen LogP contribution in [-0.4, -0.2) is 29.3 Å². The van der Waals surface area contributed by atoms with Crippen molar-refractivity contribution in [2.24, 2.45) is 11.8 Å². The molecule has 2 rings (SSSR count). The van der Waals surface area contributed by atoms with E-state index >= 15 is 0 Å². The van der Waals surface area contributed by atoms with Crippen LogP contribution in [0.2, 0.25) is 0 Å². The third kappa shape index (κ3) is 3.41. The van der Waals surface area contributed by atoms with E-state index in [-0.39, 0.29) is 24.9 Å². The third-order valence-electron chi connectivity index (χ3n) is 4.40. The Bertz CT molecular complexity index is 294. The molecule has 0 aromatic carbocycles. The SMILES string of the molecule is CC(C)C1CC(O)(CC2CCC(F)(F)C2)CCO1. The van der Waals surface area contributed by atoms with Crippen LogP contribution in [0.5, 0.6) is 0 Å². The fourth-order valence-electron chi connectivity index (χ4n) is 3.30. The van der Waals surface area contributed by atoms with Gasteiger partial charge in [0, 0.05) is 25.9 Å². The van der Waals surface area contributed by atoms with Crippen LogP contribution in [0.4, 0.5) is 8.78 Å². The van der Waals surface area contributed by atoms with E-state index in [9.17, 15) is 13.9 Å². The Morgan fingerprint density at radius 1 is 1.28 bits per heavy atom. The number of rotatable bonds is 3. The number of ether oxygens (including phenoxy) is 1. The van der Waals surface area contributed by atoms with Gasteiger partial charge in [-0.25, -0.2) is 8.78 Å². The van der Waals surface area contributed by atoms with Gasteiger partial charge in [0.25, 0.3) is 0 Å². The number of aliphatic hydroxyl groups is 1. The summed E-state index contributed by atoms with van der Waals surface area (Å²) in [7, 11) is 0. The monoisotopic (exact) mass is 262 g/mol. The highest BCUT2D eigenvalue weighted by molar-refractivity contribution is 4.92. The summed E-state index contributed by atoms with van der Waals surface area (Å²) in [6.45, 7) is 4.68. The first kappa shape index (κ1) is 14.2. The van der Waals surface area contributed by atoms with Gasteiger partial charge in [-0.2, -0.15) is 0 Å². The maximum Gasteiger partial charge on any atom is 0.248 e. The van der Waals surface area contributed by atoms with Gasteiger partial charge in [-0.15, -0.1) is 0 Å². The van der Waals surface area contributed by atoms with Gasteiger partial charge in [0.05, 0.1) is 11.7 Å². The molecule has 18 heavy (non-hydrogen) atoms. The summed E-state index contributed by atoms with van der Waals surface area (Å²) in [5.74, 6) is -2.18. The predicted octanol–water partition coefficient (Wildman–Crippen LogP) is 3.38. The molecule has 3 unspecified atom stereocenters. The standard InChI is InChI=1S/C14H24F2O2/c1-10(2)12-9-13(17,5-6-18-12)7-11-3-4-14(15,16)8-11/h10-12,17H,3-9H2,1-2H3. The van der Waals surface area contributed by atoms with Crippen molar-refractivity contribution in [3.05, 3.63) is 0 Å². The van der Waals surface area contributed by atoms with E-state index in [0.717, 1.165) is 0 Å². The van der Waals surface area contributed by atoms with Gasteiger partial charge in [0.15, 0.2) is 0 Å². The molecular formula is C14H24F2O2. The average Bonchev–Trinajstić information content (AvgIpc) is 2.57. The minimum atomic E-state index is -2.51. The van der Waals surface area contributed by atoms with Crippen LogP contribution in [0.3, 0.4) is 0 Å². The highest BCUT2D eigenvalue weighted by atomic mass is 19.3. The second-order valence-electron chi connectivity index (χ2n) is 6.50. The molecule has 106 valence electrons. The molecular weight excluding hydrogens is 238 g/mol. The summed E-state index contributed by atoms with van der Waals surface area (Å²) in [4.78, 5) is 0. The van der Waals surface area contributed by atoms with Crippen molar-refractivity contribution >= 4 is 0 Å². The van der Waals surface area contributed by atoms with Crippen molar-refractivity contribution in [2.75, 3.05) is 6.61 Å². The zero-order valence-electron chi connectivity index (χ0n) is 11.3. The molecule has 0 amide bonds. The Labute approximate surface area is 108 Å². The van der Waals surface area contributed by atoms with Crippen LogP contribution < -0.4 is 0 Å². The van der Waals surface area contributed by atoms with Gasteiger partial charge in [-0.05, 0) is 31.1 Å². The topological polar surface area (TPSA) is 29.5 Å². The fourth-order valence-corrected chi connectivity index (χ4v) is 3.30. The first-order chi connectivity index (χ1) is 8.30. The van der Waals surface area contributed by atoms with E-state index in [2.05, 4.69) is 13.8 Å². The van der Waals surface area contributed by atoms with E-state index < -0.39 is 11.5 Å². The normalized spacial score (nSPS) is 40.3. The number of hydrogen-bond donors (Lipinski definition) is 1. The lowest BCUT2D eigenvalue weighted by Gasteiger charge is -2.40. The van der Waals surface area contributed by atoms with Gasteiger partial charge < -0.3 is 9.84 Å². The van der Waals surface area contributed by atoms with Crippen molar-refractivity contribution in [3.8, 4) is 0 Å². The molecule has 0 aromatic rings. The summed E-state index contributed by atoms with van der Waals surface area (Å²) < 4.78 is 32.0. The molecule has 0 aromatic heterocycles. The van der Waals surface area contributed by atoms with Crippen molar-refractivity contribution < 1.29 is 18.6 Å². The highest BCUT2D eigenvalue weighted by Crippen LogP contribution is 2.44. The van der Waals surface area contributed by atoms with E-state index in [1.807, 2.05) is 0 Å². The highest BCUT2D eigenvalue weighted by Gasteiger charge is 2.44. The molecule has 4 heteroatoms. The maximum absolute atomic E-state index is 13.2. The molecule has 2 aliphatic rings. The van der Waals surface area contributed by atoms with Gasteiger partial charge in [0.1, 0.15) is 0 Å². The van der Waals surface area contributed by atoms with Crippen LogP contribution in [-0.2, 0) is 4.74 Å². The summed E-state index contributed by atoms with van der Waals surface area (Å²) in [6.07, 6.45) is 2.22. The van der Waals surface area contributed by atoms with E-state index in [0.29, 0.717) is 38.2 Å². The molecule has 1 aliphatic heterocycles. The Balaban J connectivity index is 1.91. The smallest absolute Gasteiger partial charge is 0.248 e. The number of halogens is 2. The molecule has 0 spiro atoms. The molecule has 1 saturated heterocycles. The van der Waals surface area contributed by atoms with Crippen LogP contribution >= 0.6 is 0 Å². The molecule has 1 heterocycles. The van der Waals surface area contributed by atoms with Crippen LogP contribution in [0.25, 0.3) is 0 Å². The number of alkyl halides is 2. The van der Waals surface area contributed by atoms with E-state index in [4.69, 9.17) is 4.74 Å². The Morgan fingerprint density at radius 3 is 2.56 bits per heavy atom. The lowest BCUT2D eigenvalue weighted by Crippen LogP contribution is -2.43. The van der Waals surface area contributed by atoms with Crippen LogP contribution in [0.15, 0.2) is 0 Å². The lowest BCUT2D eigenvalue weighted by molar-refractivity contribution is -0.126. The average molecular weight is 262 g/mol. The Morgan fingerprint density at radius 2 is 2.00 bits per heavy atom. The fraction of sp³-hybridized carbons (Fsp3) is 1.00. The second kappa shape index (κ2) is 5.04. The Kier molecular flexibility index (Phi) is 3.98. The first-order valence-corrected chi connectivity index (χ1v) is 7.01. The summed E-state index contributed by atoms with van der Waals surface area (Å²) in [5.41, 5.74) is -0.793. The largest absolute Gasteiger partial charge is 0.390 e. The van der Waals surface area contributed by atoms with Crippen molar-refractivity contribution in [1.82, 2.24) is 0 Å². The summed E-state index contributed by atoms with van der Waals surface area (Å²) in [5, 5.41) is 10.6. The molecule has 1 aliphatic carbocycles. The van der Waals surface area contributed by atoms with Gasteiger partial charge in [-0.1, -0.05) is 13.8 Å². The van der Waals surface area contributed by atoms with Crippen LogP contribution in [0, 0.1) is 11.8 Å². The van der Waals surface area contributed by atoms with Gasteiger partial charge in [0.2, 0.25) is 5.92 Å². The van der Waals surface area contributed by atoms with E-state index in [1.165, 1.54) is 0 Å². The zero-order valence-corrected chi connectivity index (χ0v) is 11.3. The first-order valence-electron chi connectivity index (χ1n) is 7.01. The van der Waals surface area contributed by atoms with Crippen molar-refractivity contribution in [3.63, 3.8) is 0 Å². The van der Waals surface area contributed by atoms with E-state index in [1.54, 1.807) is 0 Å². The predicted molar refractivity (Wildman–Crippen MR) is 65.7 cm³/mol. The summed E-state index contributed by atoms with van der Waals surface area (Å²) >= 11 is 0.